The minimum Gasteiger partial charge on any atom is -0.480 e. The van der Waals surface area contributed by atoms with Gasteiger partial charge in [0.05, 0.1) is 6.04 Å². The zero-order chi connectivity index (χ0) is 30.0. The fourth-order valence-electron chi connectivity index (χ4n) is 4.34. The van der Waals surface area contributed by atoms with Crippen molar-refractivity contribution < 1.29 is 19.1 Å². The molecule has 0 aromatic heterocycles. The third-order valence-corrected chi connectivity index (χ3v) is 8.91. The summed E-state index contributed by atoms with van der Waals surface area (Å²) in [5.41, 5.74) is 8.48. The van der Waals surface area contributed by atoms with E-state index in [-0.39, 0.29) is 12.8 Å². The van der Waals surface area contributed by atoms with Crippen LogP contribution in [0.15, 0.2) is 48.5 Å². The Labute approximate surface area is 248 Å². The maximum Gasteiger partial charge on any atom is 0.326 e. The average molecular weight is 565 g/mol. The van der Waals surface area contributed by atoms with Crippen LogP contribution in [0.5, 0.6) is 0 Å². The number of nitrogens with zero attached hydrogens (tertiary/aromatic N) is 1. The van der Waals surface area contributed by atoms with Crippen LogP contribution in [0.2, 0.25) is 0 Å². The largest absolute Gasteiger partial charge is 0.480 e. The molecule has 0 aliphatic carbocycles. The second-order valence-electron chi connectivity index (χ2n) is 12.1. The van der Waals surface area contributed by atoms with Gasteiger partial charge in [-0.05, 0) is 61.8 Å². The van der Waals surface area contributed by atoms with E-state index in [9.17, 15) is 19.1 Å². The Morgan fingerprint density at radius 2 is 1.26 bits per heavy atom. The number of alkyl halides is 2. The van der Waals surface area contributed by atoms with Crippen LogP contribution in [-0.2, 0) is 22.4 Å². The van der Waals surface area contributed by atoms with Crippen molar-refractivity contribution >= 4 is 104 Å². The summed E-state index contributed by atoms with van der Waals surface area (Å²) in [6.07, 6.45) is 0.224. The molecule has 2 aromatic carbocycles. The normalized spacial score (nSPS) is 14.3. The van der Waals surface area contributed by atoms with Crippen LogP contribution in [0.25, 0.3) is 0 Å². The predicted octanol–water partition coefficient (Wildman–Crippen LogP) is -5.53. The van der Waals surface area contributed by atoms with Crippen molar-refractivity contribution in [1.29, 1.82) is 0 Å². The summed E-state index contributed by atoms with van der Waals surface area (Å²) in [6, 6.07) is 11.0. The van der Waals surface area contributed by atoms with Crippen molar-refractivity contribution in [2.24, 2.45) is 5.73 Å². The highest BCUT2D eigenvalue weighted by Crippen LogP contribution is 2.38. The number of carbonyl (C=O) groups is 2. The predicted molar refractivity (Wildman–Crippen MR) is 181 cm³/mol. The summed E-state index contributed by atoms with van der Waals surface area (Å²) in [7, 11) is 16.3. The molecule has 1 amide bonds. The van der Waals surface area contributed by atoms with E-state index in [4.69, 9.17) is 28.9 Å². The number of hydrogen-bond donors (Lipinski definition) is 3. The Balaban J connectivity index is 2.23. The van der Waals surface area contributed by atoms with Crippen LogP contribution in [0, 0.1) is 5.82 Å². The van der Waals surface area contributed by atoms with E-state index >= 15 is 0 Å². The SMILES string of the molecule is BC(B)(Cl)C(B)(B)N(c1ccc(C[C@H](N)C(=O)N[C@@H](Cc2ccc(F)cc2)C(=O)O)cc1)C(B)(B)C(B)(B)Cl. The Bertz CT molecular complexity index is 1140. The van der Waals surface area contributed by atoms with Gasteiger partial charge in [-0.2, -0.15) is 0 Å². The highest BCUT2D eigenvalue weighted by molar-refractivity contribution is 6.73. The Kier molecular flexibility index (Phi) is 10.6. The molecule has 0 saturated carbocycles. The van der Waals surface area contributed by atoms with Gasteiger partial charge in [-0.1, -0.05) is 24.3 Å². The Morgan fingerprint density at radius 1 is 0.846 bits per heavy atom. The number of halogens is 3. The Morgan fingerprint density at radius 3 is 1.67 bits per heavy atom. The quantitative estimate of drug-likeness (QED) is 0.177. The van der Waals surface area contributed by atoms with Crippen molar-refractivity contribution in [2.75, 3.05) is 4.90 Å². The number of nitrogens with one attached hydrogen (secondary N) is 1. The highest BCUT2D eigenvalue weighted by Gasteiger charge is 2.49. The molecular formula is C22H34B8Cl2FN3O3. The fourth-order valence-corrected chi connectivity index (χ4v) is 4.51. The molecule has 0 saturated heterocycles. The molecule has 2 rings (SSSR count). The van der Waals surface area contributed by atoms with Gasteiger partial charge >= 0.3 is 5.97 Å². The third-order valence-electron chi connectivity index (χ3n) is 7.98. The number of nitrogens with two attached hydrogens (primary N) is 1. The van der Waals surface area contributed by atoms with Crippen molar-refractivity contribution in [3.05, 3.63) is 65.5 Å². The lowest BCUT2D eigenvalue weighted by Gasteiger charge is -2.60. The smallest absolute Gasteiger partial charge is 0.326 e. The second-order valence-corrected chi connectivity index (χ2v) is 14.0. The van der Waals surface area contributed by atoms with Crippen LogP contribution in [0.1, 0.15) is 11.1 Å². The van der Waals surface area contributed by atoms with Gasteiger partial charge in [-0.15, -0.1) is 23.2 Å². The van der Waals surface area contributed by atoms with Crippen molar-refractivity contribution in [3.63, 3.8) is 0 Å². The minimum absolute atomic E-state index is 0.0119. The minimum atomic E-state index is -1.20. The molecular weight excluding hydrogens is 531 g/mol. The fraction of sp³-hybridized carbons (Fsp3) is 0.364. The molecule has 2 aromatic rings. The molecule has 0 spiro atoms. The maximum absolute atomic E-state index is 13.2. The number of rotatable bonds is 12. The van der Waals surface area contributed by atoms with E-state index in [2.05, 4.69) is 41.6 Å². The zero-order valence-electron chi connectivity index (χ0n) is 24.1. The molecule has 200 valence electrons. The lowest BCUT2D eigenvalue weighted by Crippen LogP contribution is -2.76. The molecule has 0 radical (unpaired) electrons. The molecule has 17 heteroatoms. The molecule has 6 nitrogen and oxygen atoms in total. The standard InChI is InChI=1S/C22H34B8Cl2FN3O3/c23-19(24,31)21(27,28)36(22(29,30)20(25,26)32)14-7-3-11(4-8-14)9-15(34)17(37)35-16(18(38)39)10-12-1-5-13(33)6-2-12/h1-8,15-16H,9-10,23-30,34H2,(H,35,37)(H,38,39)/t15-,16-/m0/s1. The monoisotopic (exact) mass is 565 g/mol. The first-order valence-corrected chi connectivity index (χ1v) is 13.7. The van der Waals surface area contributed by atoms with E-state index in [0.29, 0.717) is 5.56 Å². The summed E-state index contributed by atoms with van der Waals surface area (Å²) in [6.45, 7) is 0. The van der Waals surface area contributed by atoms with E-state index < -0.39 is 49.8 Å². The van der Waals surface area contributed by atoms with Gasteiger partial charge in [0.2, 0.25) is 5.91 Å². The molecule has 2 atom stereocenters. The Hall–Kier alpha value is -1.83. The van der Waals surface area contributed by atoms with Gasteiger partial charge in [0.15, 0.2) is 0 Å². The number of carboxylic acid groups (broad SMARTS) is 1. The summed E-state index contributed by atoms with van der Waals surface area (Å²) in [5, 5.41) is 11.1. The number of anilines is 1. The van der Waals surface area contributed by atoms with Crippen molar-refractivity contribution in [2.45, 2.75) is 44.9 Å². The maximum atomic E-state index is 13.2. The van der Waals surface area contributed by atoms with Gasteiger partial charge in [-0.25, -0.2) is 9.18 Å². The molecule has 0 fully saturated rings. The van der Waals surface area contributed by atoms with Crippen molar-refractivity contribution in [3.8, 4) is 0 Å². The summed E-state index contributed by atoms with van der Waals surface area (Å²) < 4.78 is 12.0. The lowest BCUT2D eigenvalue weighted by atomic mass is 9.36. The van der Waals surface area contributed by atoms with E-state index in [0.717, 1.165) is 11.3 Å². The molecule has 0 aliphatic rings. The molecule has 0 aliphatic heterocycles. The number of amides is 1. The van der Waals surface area contributed by atoms with Crippen LogP contribution in [0.4, 0.5) is 10.1 Å². The van der Waals surface area contributed by atoms with Crippen LogP contribution in [-0.4, -0.2) is 112 Å². The number of carbonyl (C=O) groups excluding carboxylic acids is 1. The van der Waals surface area contributed by atoms with Gasteiger partial charge in [0.25, 0.3) is 0 Å². The van der Waals surface area contributed by atoms with Crippen molar-refractivity contribution in [1.82, 2.24) is 5.32 Å². The van der Waals surface area contributed by atoms with Crippen LogP contribution >= 0.6 is 23.2 Å². The molecule has 0 heterocycles. The van der Waals surface area contributed by atoms with Gasteiger partial charge < -0.3 is 21.1 Å². The summed E-state index contributed by atoms with van der Waals surface area (Å²) in [5.74, 6) is -2.19. The first-order valence-electron chi connectivity index (χ1n) is 13.0. The van der Waals surface area contributed by atoms with Crippen LogP contribution in [0.3, 0.4) is 0 Å². The zero-order valence-corrected chi connectivity index (χ0v) is 25.6. The van der Waals surface area contributed by atoms with E-state index in [1.165, 1.54) is 24.3 Å². The molecule has 0 unspecified atom stereocenters. The number of hydrogen-bond acceptors (Lipinski definition) is 4. The molecule has 0 bridgehead atoms. The lowest BCUT2D eigenvalue weighted by molar-refractivity contribution is -0.141. The van der Waals surface area contributed by atoms with Gasteiger partial charge in [-0.3, -0.25) is 4.79 Å². The number of aliphatic carboxylic acids is 1. The van der Waals surface area contributed by atoms with Gasteiger partial charge in [0.1, 0.15) is 74.6 Å². The van der Waals surface area contributed by atoms with Crippen LogP contribution < -0.4 is 16.0 Å². The number of carboxylic acids is 1. The van der Waals surface area contributed by atoms with Gasteiger partial charge in [0, 0.05) is 12.1 Å². The number of benzene rings is 2. The molecule has 39 heavy (non-hydrogen) atoms. The summed E-state index contributed by atoms with van der Waals surface area (Å²) >= 11 is 13.8. The first kappa shape index (κ1) is 33.4. The van der Waals surface area contributed by atoms with E-state index in [1.807, 2.05) is 55.7 Å². The first-order chi connectivity index (χ1) is 17.7. The van der Waals surface area contributed by atoms with E-state index in [1.54, 1.807) is 0 Å². The second kappa shape index (κ2) is 12.4. The highest BCUT2D eigenvalue weighted by atomic mass is 35.5. The summed E-state index contributed by atoms with van der Waals surface area (Å²) in [4.78, 5) is 26.7. The third kappa shape index (κ3) is 8.11. The topological polar surface area (TPSA) is 95.7 Å². The molecule has 4 N–H and O–H groups in total. The average Bonchev–Trinajstić information content (AvgIpc) is 2.79.